The fraction of sp³-hybridized carbons (Fsp3) is 0.647. The van der Waals surface area contributed by atoms with E-state index < -0.39 is 0 Å². The Balaban J connectivity index is 2.04. The zero-order valence-electron chi connectivity index (χ0n) is 13.1. The van der Waals surface area contributed by atoms with Crippen molar-refractivity contribution >= 4 is 23.5 Å². The van der Waals surface area contributed by atoms with Crippen molar-refractivity contribution in [1.29, 1.82) is 0 Å². The molecule has 1 aromatic rings. The van der Waals surface area contributed by atoms with Crippen molar-refractivity contribution in [3.63, 3.8) is 0 Å². The number of hydrogen-bond acceptors (Lipinski definition) is 4. The van der Waals surface area contributed by atoms with Gasteiger partial charge in [0.05, 0.1) is 6.61 Å². The second-order valence-corrected chi connectivity index (χ2v) is 7.83. The molecule has 1 fully saturated rings. The van der Waals surface area contributed by atoms with Crippen LogP contribution in [-0.4, -0.2) is 35.7 Å². The molecule has 0 radical (unpaired) electrons. The molecule has 0 amide bonds. The Bertz CT molecular complexity index is 390. The van der Waals surface area contributed by atoms with Crippen molar-refractivity contribution in [3.8, 4) is 5.75 Å². The van der Waals surface area contributed by atoms with Gasteiger partial charge in [-0.2, -0.15) is 23.5 Å². The maximum Gasteiger partial charge on any atom is 0.119 e. The van der Waals surface area contributed by atoms with Crippen LogP contribution in [0.2, 0.25) is 0 Å². The second-order valence-electron chi connectivity index (χ2n) is 5.33. The van der Waals surface area contributed by atoms with Crippen molar-refractivity contribution in [2.75, 3.05) is 30.4 Å². The highest BCUT2D eigenvalue weighted by molar-refractivity contribution is 8.06. The molecule has 21 heavy (non-hydrogen) atoms. The van der Waals surface area contributed by atoms with Crippen molar-refractivity contribution < 1.29 is 4.74 Å². The van der Waals surface area contributed by atoms with Gasteiger partial charge in [-0.15, -0.1) is 0 Å². The van der Waals surface area contributed by atoms with Crippen molar-refractivity contribution in [3.05, 3.63) is 29.8 Å². The molecule has 1 N–H and O–H groups in total. The number of hydrogen-bond donors (Lipinski definition) is 1. The first-order valence-electron chi connectivity index (χ1n) is 8.00. The van der Waals surface area contributed by atoms with E-state index >= 15 is 0 Å². The molecule has 1 aliphatic heterocycles. The van der Waals surface area contributed by atoms with Crippen LogP contribution in [-0.2, 0) is 0 Å². The number of ether oxygens (including phenoxy) is 1. The maximum atomic E-state index is 5.69. The number of thioether (sulfide) groups is 2. The Morgan fingerprint density at radius 1 is 1.19 bits per heavy atom. The van der Waals surface area contributed by atoms with Crippen molar-refractivity contribution in [2.24, 2.45) is 0 Å². The molecule has 2 unspecified atom stereocenters. The van der Waals surface area contributed by atoms with E-state index in [1.165, 1.54) is 29.2 Å². The van der Waals surface area contributed by atoms with Gasteiger partial charge in [-0.3, -0.25) is 0 Å². The van der Waals surface area contributed by atoms with E-state index in [4.69, 9.17) is 4.74 Å². The summed E-state index contributed by atoms with van der Waals surface area (Å²) in [7, 11) is 0. The van der Waals surface area contributed by atoms with Gasteiger partial charge in [0, 0.05) is 28.6 Å². The van der Waals surface area contributed by atoms with Crippen LogP contribution < -0.4 is 10.1 Å². The summed E-state index contributed by atoms with van der Waals surface area (Å²) in [6, 6.07) is 9.16. The van der Waals surface area contributed by atoms with Gasteiger partial charge in [-0.25, -0.2) is 0 Å². The normalized spacial score (nSPS) is 20.2. The highest BCUT2D eigenvalue weighted by Gasteiger charge is 2.25. The Kier molecular flexibility index (Phi) is 7.83. The summed E-state index contributed by atoms with van der Waals surface area (Å²) in [6.07, 6.45) is 2.23. The van der Waals surface area contributed by atoms with E-state index in [1.54, 1.807) is 0 Å². The van der Waals surface area contributed by atoms with E-state index in [-0.39, 0.29) is 0 Å². The molecule has 0 saturated carbocycles. The highest BCUT2D eigenvalue weighted by Crippen LogP contribution is 2.34. The molecule has 2 rings (SSSR count). The minimum atomic E-state index is 0.461. The van der Waals surface area contributed by atoms with Gasteiger partial charge in [0.25, 0.3) is 0 Å². The molecule has 4 heteroatoms. The van der Waals surface area contributed by atoms with Crippen molar-refractivity contribution in [1.82, 2.24) is 5.32 Å². The monoisotopic (exact) mass is 325 g/mol. The van der Waals surface area contributed by atoms with Gasteiger partial charge in [0.1, 0.15) is 5.75 Å². The fourth-order valence-electron chi connectivity index (χ4n) is 2.45. The maximum absolute atomic E-state index is 5.69. The molecule has 118 valence electrons. The Morgan fingerprint density at radius 3 is 2.62 bits per heavy atom. The lowest BCUT2D eigenvalue weighted by molar-refractivity contribution is 0.317. The third kappa shape index (κ3) is 5.42. The molecular weight excluding hydrogens is 298 g/mol. The molecule has 1 saturated heterocycles. The minimum absolute atomic E-state index is 0.461. The first-order valence-corrected chi connectivity index (χ1v) is 10.2. The smallest absolute Gasteiger partial charge is 0.119 e. The molecule has 2 nitrogen and oxygen atoms in total. The number of nitrogens with one attached hydrogen (secondary N) is 1. The lowest BCUT2D eigenvalue weighted by Gasteiger charge is -2.30. The zero-order valence-corrected chi connectivity index (χ0v) is 14.8. The van der Waals surface area contributed by atoms with Crippen LogP contribution in [0.25, 0.3) is 0 Å². The minimum Gasteiger partial charge on any atom is -0.494 e. The predicted molar refractivity (Wildman–Crippen MR) is 96.8 cm³/mol. The van der Waals surface area contributed by atoms with Gasteiger partial charge in [-0.1, -0.05) is 26.0 Å². The molecule has 0 bridgehead atoms. The van der Waals surface area contributed by atoms with Crippen LogP contribution in [0.3, 0.4) is 0 Å². The van der Waals surface area contributed by atoms with E-state index in [2.05, 4.69) is 67.0 Å². The second kappa shape index (κ2) is 9.65. The average molecular weight is 326 g/mol. The molecule has 1 aromatic carbocycles. The van der Waals surface area contributed by atoms with E-state index in [0.29, 0.717) is 11.3 Å². The third-order valence-corrected chi connectivity index (χ3v) is 6.40. The largest absolute Gasteiger partial charge is 0.494 e. The van der Waals surface area contributed by atoms with Gasteiger partial charge in [0.2, 0.25) is 0 Å². The van der Waals surface area contributed by atoms with Crippen LogP contribution in [0.1, 0.15) is 38.3 Å². The third-order valence-electron chi connectivity index (χ3n) is 3.54. The van der Waals surface area contributed by atoms with Gasteiger partial charge in [-0.05, 0) is 37.1 Å². The standard InChI is InChI=1S/C17H27NOS2/c1-3-9-18-17(16-13-20-11-12-21-16)14-5-7-15(8-6-14)19-10-4-2/h5-8,16-18H,3-4,9-13H2,1-2H3. The summed E-state index contributed by atoms with van der Waals surface area (Å²) in [5, 5.41) is 4.42. The number of rotatable bonds is 8. The van der Waals surface area contributed by atoms with Gasteiger partial charge < -0.3 is 10.1 Å². The average Bonchev–Trinajstić information content (AvgIpc) is 2.55. The summed E-state index contributed by atoms with van der Waals surface area (Å²) in [5.74, 6) is 4.81. The van der Waals surface area contributed by atoms with Crippen LogP contribution >= 0.6 is 23.5 Å². The van der Waals surface area contributed by atoms with E-state index in [9.17, 15) is 0 Å². The Morgan fingerprint density at radius 2 is 2.00 bits per heavy atom. The lowest BCUT2D eigenvalue weighted by Crippen LogP contribution is -2.34. The molecule has 0 spiro atoms. The van der Waals surface area contributed by atoms with Crippen molar-refractivity contribution in [2.45, 2.75) is 38.0 Å². The van der Waals surface area contributed by atoms with Gasteiger partial charge >= 0.3 is 0 Å². The predicted octanol–water partition coefficient (Wildman–Crippen LogP) is 4.36. The molecule has 1 heterocycles. The molecular formula is C17H27NOS2. The van der Waals surface area contributed by atoms with Crippen LogP contribution in [0.15, 0.2) is 24.3 Å². The van der Waals surface area contributed by atoms with Crippen LogP contribution in [0.5, 0.6) is 5.75 Å². The quantitative estimate of drug-likeness (QED) is 0.766. The summed E-state index contributed by atoms with van der Waals surface area (Å²) in [4.78, 5) is 0. The van der Waals surface area contributed by atoms with E-state index in [1.807, 2.05) is 0 Å². The molecule has 1 aliphatic rings. The topological polar surface area (TPSA) is 21.3 Å². The molecule has 2 atom stereocenters. The summed E-state index contributed by atoms with van der Waals surface area (Å²) in [6.45, 7) is 6.25. The SMILES string of the molecule is CCCNC(c1ccc(OCCC)cc1)C1CSCCS1. The molecule has 0 aromatic heterocycles. The van der Waals surface area contributed by atoms with E-state index in [0.717, 1.165) is 25.3 Å². The Labute approximate surface area is 137 Å². The summed E-state index contributed by atoms with van der Waals surface area (Å²) < 4.78 is 5.69. The zero-order chi connectivity index (χ0) is 14.9. The first-order chi connectivity index (χ1) is 10.3. The molecule has 0 aliphatic carbocycles. The lowest BCUT2D eigenvalue weighted by atomic mass is 10.0. The highest BCUT2D eigenvalue weighted by atomic mass is 32.2. The van der Waals surface area contributed by atoms with Gasteiger partial charge in [0.15, 0.2) is 0 Å². The summed E-state index contributed by atoms with van der Waals surface area (Å²) >= 11 is 4.21. The first kappa shape index (κ1) is 17.0. The number of benzene rings is 1. The Hall–Kier alpha value is -0.320. The summed E-state index contributed by atoms with van der Waals surface area (Å²) in [5.41, 5.74) is 1.40. The van der Waals surface area contributed by atoms with Crippen LogP contribution in [0.4, 0.5) is 0 Å². The fourth-order valence-corrected chi connectivity index (χ4v) is 5.32. The van der Waals surface area contributed by atoms with Crippen LogP contribution in [0, 0.1) is 0 Å².